The van der Waals surface area contributed by atoms with Crippen LogP contribution in [0.25, 0.3) is 0 Å². The highest BCUT2D eigenvalue weighted by Crippen LogP contribution is 2.15. The van der Waals surface area contributed by atoms with E-state index in [0.29, 0.717) is 11.6 Å². The summed E-state index contributed by atoms with van der Waals surface area (Å²) in [5.41, 5.74) is 6.35. The van der Waals surface area contributed by atoms with Gasteiger partial charge in [0.15, 0.2) is 0 Å². The van der Waals surface area contributed by atoms with Crippen molar-refractivity contribution in [2.24, 2.45) is 5.73 Å². The van der Waals surface area contributed by atoms with Gasteiger partial charge in [0.05, 0.1) is 6.54 Å². The molecule has 4 nitrogen and oxygen atoms in total. The largest absolute Gasteiger partial charge is 0.325 e. The number of hydrogen-bond acceptors (Lipinski definition) is 3. The molecule has 0 saturated carbocycles. The molecule has 1 aliphatic heterocycles. The highest BCUT2D eigenvalue weighted by Gasteiger charge is 2.24. The average molecular weight is 240 g/mol. The molecule has 1 aromatic carbocycles. The number of anilines is 1. The normalized spacial score (nSPS) is 16.9. The predicted molar refractivity (Wildman–Crippen MR) is 64.5 cm³/mol. The van der Waals surface area contributed by atoms with Gasteiger partial charge in [-0.1, -0.05) is 17.7 Å². The Hall–Kier alpha value is -1.10. The van der Waals surface area contributed by atoms with E-state index in [9.17, 15) is 4.79 Å². The second kappa shape index (κ2) is 4.82. The van der Waals surface area contributed by atoms with Crippen LogP contribution in [-0.4, -0.2) is 36.5 Å². The third kappa shape index (κ3) is 2.95. The van der Waals surface area contributed by atoms with Crippen LogP contribution in [0.15, 0.2) is 24.3 Å². The van der Waals surface area contributed by atoms with E-state index in [1.807, 2.05) is 11.0 Å². The van der Waals surface area contributed by atoms with Gasteiger partial charge in [-0.05, 0) is 18.2 Å². The molecular weight excluding hydrogens is 226 g/mol. The Morgan fingerprint density at radius 1 is 1.56 bits per heavy atom. The molecule has 3 N–H and O–H groups in total. The second-order valence-corrected chi connectivity index (χ2v) is 4.45. The molecule has 16 heavy (non-hydrogen) atoms. The minimum atomic E-state index is -0.0332. The van der Waals surface area contributed by atoms with Gasteiger partial charge < -0.3 is 11.1 Å². The van der Waals surface area contributed by atoms with Crippen molar-refractivity contribution < 1.29 is 4.79 Å². The van der Waals surface area contributed by atoms with Gasteiger partial charge in [-0.2, -0.15) is 0 Å². The molecule has 0 unspecified atom stereocenters. The van der Waals surface area contributed by atoms with Crippen molar-refractivity contribution in [3.8, 4) is 0 Å². The van der Waals surface area contributed by atoms with Crippen LogP contribution in [-0.2, 0) is 4.79 Å². The van der Waals surface area contributed by atoms with E-state index in [1.54, 1.807) is 18.2 Å². The number of carbonyl (C=O) groups excluding carboxylic acids is 1. The van der Waals surface area contributed by atoms with E-state index >= 15 is 0 Å². The molecule has 86 valence electrons. The molecule has 1 saturated heterocycles. The van der Waals surface area contributed by atoms with Crippen LogP contribution in [0.5, 0.6) is 0 Å². The Bertz CT molecular complexity index is 391. The maximum atomic E-state index is 11.6. The third-order valence-electron chi connectivity index (χ3n) is 2.46. The summed E-state index contributed by atoms with van der Waals surface area (Å²) in [5, 5.41) is 3.41. The Morgan fingerprint density at radius 2 is 2.31 bits per heavy atom. The summed E-state index contributed by atoms with van der Waals surface area (Å²) in [6, 6.07) is 7.33. The molecule has 1 heterocycles. The van der Waals surface area contributed by atoms with E-state index in [0.717, 1.165) is 18.8 Å². The number of carbonyl (C=O) groups is 1. The number of hydrogen-bond donors (Lipinski definition) is 2. The van der Waals surface area contributed by atoms with Gasteiger partial charge in [0, 0.05) is 29.8 Å². The number of nitrogens with zero attached hydrogens (tertiary/aromatic N) is 1. The number of nitrogens with two attached hydrogens (primary N) is 1. The molecule has 0 aromatic heterocycles. The summed E-state index contributed by atoms with van der Waals surface area (Å²) in [7, 11) is 0. The van der Waals surface area contributed by atoms with Gasteiger partial charge in [0.2, 0.25) is 5.91 Å². The van der Waals surface area contributed by atoms with Crippen molar-refractivity contribution >= 4 is 23.2 Å². The zero-order valence-electron chi connectivity index (χ0n) is 8.82. The Morgan fingerprint density at radius 3 is 2.94 bits per heavy atom. The Balaban J connectivity index is 1.83. The van der Waals surface area contributed by atoms with Crippen LogP contribution in [0, 0.1) is 0 Å². The van der Waals surface area contributed by atoms with Crippen LogP contribution < -0.4 is 11.1 Å². The first-order chi connectivity index (χ1) is 7.63. The van der Waals surface area contributed by atoms with Gasteiger partial charge in [-0.15, -0.1) is 0 Å². The quantitative estimate of drug-likeness (QED) is 0.825. The molecule has 0 radical (unpaired) electrons. The van der Waals surface area contributed by atoms with E-state index < -0.39 is 0 Å². The van der Waals surface area contributed by atoms with E-state index in [4.69, 9.17) is 17.3 Å². The molecule has 1 fully saturated rings. The molecule has 1 aliphatic rings. The average Bonchev–Trinajstić information content (AvgIpc) is 2.15. The minimum absolute atomic E-state index is 0.0332. The molecular formula is C11H14ClN3O. The number of nitrogens with one attached hydrogen (secondary N) is 1. The maximum absolute atomic E-state index is 11.6. The molecule has 0 atom stereocenters. The van der Waals surface area contributed by atoms with Gasteiger partial charge in [0.1, 0.15) is 0 Å². The van der Waals surface area contributed by atoms with Crippen LogP contribution in [0.1, 0.15) is 0 Å². The Labute approximate surface area is 99.4 Å². The first-order valence-corrected chi connectivity index (χ1v) is 5.54. The van der Waals surface area contributed by atoms with Crippen molar-refractivity contribution in [2.75, 3.05) is 25.0 Å². The molecule has 1 aromatic rings. The van der Waals surface area contributed by atoms with Gasteiger partial charge >= 0.3 is 0 Å². The molecule has 0 bridgehead atoms. The highest BCUT2D eigenvalue weighted by molar-refractivity contribution is 6.30. The second-order valence-electron chi connectivity index (χ2n) is 4.01. The van der Waals surface area contributed by atoms with Crippen LogP contribution >= 0.6 is 11.6 Å². The highest BCUT2D eigenvalue weighted by atomic mass is 35.5. The van der Waals surface area contributed by atoms with Crippen molar-refractivity contribution in [2.45, 2.75) is 6.04 Å². The number of amides is 1. The van der Waals surface area contributed by atoms with Gasteiger partial charge in [0.25, 0.3) is 0 Å². The SMILES string of the molecule is NC1CN(CC(=O)Nc2cccc(Cl)c2)C1. The molecule has 2 rings (SSSR count). The lowest BCUT2D eigenvalue weighted by molar-refractivity contribution is -0.118. The standard InChI is InChI=1S/C11H14ClN3O/c12-8-2-1-3-10(4-8)14-11(16)7-15-5-9(13)6-15/h1-4,9H,5-7,13H2,(H,14,16). The van der Waals surface area contributed by atoms with Crippen LogP contribution in [0.2, 0.25) is 5.02 Å². The molecule has 1 amide bonds. The number of likely N-dealkylation sites (tertiary alicyclic amines) is 1. The minimum Gasteiger partial charge on any atom is -0.325 e. The van der Waals surface area contributed by atoms with Crippen molar-refractivity contribution in [1.82, 2.24) is 4.90 Å². The van der Waals surface area contributed by atoms with Gasteiger partial charge in [-0.25, -0.2) is 0 Å². The fourth-order valence-corrected chi connectivity index (χ4v) is 1.90. The maximum Gasteiger partial charge on any atom is 0.238 e. The van der Waals surface area contributed by atoms with Crippen LogP contribution in [0.3, 0.4) is 0 Å². The predicted octanol–water partition coefficient (Wildman–Crippen LogP) is 0.921. The summed E-state index contributed by atoms with van der Waals surface area (Å²) < 4.78 is 0. The summed E-state index contributed by atoms with van der Waals surface area (Å²) in [4.78, 5) is 13.6. The summed E-state index contributed by atoms with van der Waals surface area (Å²) in [6.45, 7) is 1.98. The zero-order valence-corrected chi connectivity index (χ0v) is 9.57. The van der Waals surface area contributed by atoms with Crippen molar-refractivity contribution in [3.05, 3.63) is 29.3 Å². The Kier molecular flexibility index (Phi) is 3.43. The van der Waals surface area contributed by atoms with Crippen molar-refractivity contribution in [1.29, 1.82) is 0 Å². The summed E-state index contributed by atoms with van der Waals surface area (Å²) >= 11 is 5.81. The fraction of sp³-hybridized carbons (Fsp3) is 0.364. The summed E-state index contributed by atoms with van der Waals surface area (Å²) in [6.07, 6.45) is 0. The molecule has 5 heteroatoms. The van der Waals surface area contributed by atoms with E-state index in [1.165, 1.54) is 0 Å². The first-order valence-electron chi connectivity index (χ1n) is 5.17. The lowest BCUT2D eigenvalue weighted by Crippen LogP contribution is -2.57. The smallest absolute Gasteiger partial charge is 0.238 e. The third-order valence-corrected chi connectivity index (χ3v) is 2.70. The van der Waals surface area contributed by atoms with Gasteiger partial charge in [-0.3, -0.25) is 9.69 Å². The number of halogens is 1. The fourth-order valence-electron chi connectivity index (χ4n) is 1.71. The molecule has 0 aliphatic carbocycles. The van der Waals surface area contributed by atoms with E-state index in [2.05, 4.69) is 5.32 Å². The first kappa shape index (κ1) is 11.4. The monoisotopic (exact) mass is 239 g/mol. The van der Waals surface area contributed by atoms with E-state index in [-0.39, 0.29) is 11.9 Å². The van der Waals surface area contributed by atoms with Crippen LogP contribution in [0.4, 0.5) is 5.69 Å². The lowest BCUT2D eigenvalue weighted by atomic mass is 10.1. The lowest BCUT2D eigenvalue weighted by Gasteiger charge is -2.36. The summed E-state index contributed by atoms with van der Waals surface area (Å²) in [5.74, 6) is -0.0332. The number of rotatable bonds is 3. The number of benzene rings is 1. The zero-order chi connectivity index (χ0) is 11.5. The topological polar surface area (TPSA) is 58.4 Å². The molecule has 0 spiro atoms. The van der Waals surface area contributed by atoms with Crippen molar-refractivity contribution in [3.63, 3.8) is 0 Å².